The van der Waals surface area contributed by atoms with Gasteiger partial charge in [-0.3, -0.25) is 15.0 Å². The number of nitrogens with zero attached hydrogens (tertiary/aromatic N) is 1. The van der Waals surface area contributed by atoms with Gasteiger partial charge in [-0.2, -0.15) is 0 Å². The highest BCUT2D eigenvalue weighted by atomic mass is 16.2. The summed E-state index contributed by atoms with van der Waals surface area (Å²) in [4.78, 5) is 24.2. The molecule has 3 N–H and O–H groups in total. The van der Waals surface area contributed by atoms with Crippen molar-refractivity contribution in [1.82, 2.24) is 10.2 Å². The van der Waals surface area contributed by atoms with Gasteiger partial charge >= 0.3 is 6.03 Å². The molecule has 20 heavy (non-hydrogen) atoms. The highest BCUT2D eigenvalue weighted by Crippen LogP contribution is 2.15. The minimum absolute atomic E-state index is 0.390. The van der Waals surface area contributed by atoms with Crippen LogP contribution in [0.1, 0.15) is 37.8 Å². The Morgan fingerprint density at radius 3 is 2.20 bits per heavy atom. The van der Waals surface area contributed by atoms with E-state index in [0.717, 1.165) is 5.56 Å². The van der Waals surface area contributed by atoms with Gasteiger partial charge in [-0.15, -0.1) is 0 Å². The maximum atomic E-state index is 11.7. The molecule has 0 saturated heterocycles. The van der Waals surface area contributed by atoms with E-state index >= 15 is 0 Å². The van der Waals surface area contributed by atoms with Crippen LogP contribution in [-0.2, 0) is 11.3 Å². The molecule has 5 nitrogen and oxygen atoms in total. The van der Waals surface area contributed by atoms with E-state index in [0.29, 0.717) is 12.5 Å². The average molecular weight is 277 g/mol. The third kappa shape index (κ3) is 4.66. The van der Waals surface area contributed by atoms with Crippen LogP contribution in [0.4, 0.5) is 4.79 Å². The zero-order valence-electron chi connectivity index (χ0n) is 12.5. The first-order valence-corrected chi connectivity index (χ1v) is 6.70. The summed E-state index contributed by atoms with van der Waals surface area (Å²) in [5.41, 5.74) is 7.35. The van der Waals surface area contributed by atoms with Crippen molar-refractivity contribution < 1.29 is 9.59 Å². The van der Waals surface area contributed by atoms with Crippen molar-refractivity contribution in [3.63, 3.8) is 0 Å². The van der Waals surface area contributed by atoms with Crippen LogP contribution in [0.2, 0.25) is 0 Å². The quantitative estimate of drug-likeness (QED) is 0.862. The van der Waals surface area contributed by atoms with Crippen molar-refractivity contribution in [2.24, 2.45) is 5.73 Å². The van der Waals surface area contributed by atoms with Gasteiger partial charge in [0.25, 0.3) is 0 Å². The Kier molecular flexibility index (Phi) is 5.70. The van der Waals surface area contributed by atoms with Crippen LogP contribution in [0.15, 0.2) is 24.3 Å². The molecular weight excluding hydrogens is 254 g/mol. The summed E-state index contributed by atoms with van der Waals surface area (Å²) in [6, 6.07) is 7.07. The Balaban J connectivity index is 2.63. The second-order valence-corrected chi connectivity index (χ2v) is 5.34. The molecule has 0 aliphatic rings. The molecule has 0 heterocycles. The number of rotatable bonds is 5. The fourth-order valence-corrected chi connectivity index (χ4v) is 1.86. The van der Waals surface area contributed by atoms with Gasteiger partial charge in [0, 0.05) is 6.54 Å². The van der Waals surface area contributed by atoms with Crippen LogP contribution in [0, 0.1) is 0 Å². The van der Waals surface area contributed by atoms with Crippen LogP contribution >= 0.6 is 0 Å². The highest BCUT2D eigenvalue weighted by molar-refractivity contribution is 5.96. The number of carbonyl (C=O) groups excluding carboxylic acids is 2. The minimum Gasteiger partial charge on any atom is -0.351 e. The van der Waals surface area contributed by atoms with Crippen molar-refractivity contribution in [3.8, 4) is 0 Å². The minimum atomic E-state index is -0.823. The number of carbonyl (C=O) groups is 2. The lowest BCUT2D eigenvalue weighted by molar-refractivity contribution is -0.124. The van der Waals surface area contributed by atoms with E-state index in [1.54, 1.807) is 6.92 Å². The lowest BCUT2D eigenvalue weighted by atomic mass is 10.0. The molecule has 5 heteroatoms. The van der Waals surface area contributed by atoms with Crippen LogP contribution in [0.25, 0.3) is 0 Å². The Morgan fingerprint density at radius 2 is 1.75 bits per heavy atom. The van der Waals surface area contributed by atoms with E-state index in [1.165, 1.54) is 5.56 Å². The maximum Gasteiger partial charge on any atom is 0.318 e. The number of imide groups is 1. The zero-order valence-corrected chi connectivity index (χ0v) is 12.5. The molecule has 0 aliphatic heterocycles. The molecule has 0 aliphatic carbocycles. The van der Waals surface area contributed by atoms with Gasteiger partial charge in [-0.05, 0) is 31.0 Å². The Labute approximate surface area is 120 Å². The third-order valence-electron chi connectivity index (χ3n) is 3.37. The van der Waals surface area contributed by atoms with Gasteiger partial charge in [0.05, 0.1) is 6.04 Å². The van der Waals surface area contributed by atoms with Crippen LogP contribution < -0.4 is 11.1 Å². The zero-order chi connectivity index (χ0) is 15.3. The summed E-state index contributed by atoms with van der Waals surface area (Å²) in [5, 5.41) is 2.09. The first-order valence-electron chi connectivity index (χ1n) is 6.70. The predicted molar refractivity (Wildman–Crippen MR) is 79.2 cm³/mol. The van der Waals surface area contributed by atoms with Gasteiger partial charge in [-0.25, -0.2) is 4.79 Å². The number of amides is 3. The van der Waals surface area contributed by atoms with Gasteiger partial charge in [0.15, 0.2) is 0 Å². The largest absolute Gasteiger partial charge is 0.351 e. The molecule has 1 unspecified atom stereocenters. The molecule has 1 aromatic rings. The Bertz CT molecular complexity index is 469. The number of benzene rings is 1. The van der Waals surface area contributed by atoms with E-state index in [1.807, 2.05) is 11.9 Å². The summed E-state index contributed by atoms with van der Waals surface area (Å²) in [7, 11) is 1.83. The molecule has 0 aromatic heterocycles. The van der Waals surface area contributed by atoms with E-state index in [9.17, 15) is 9.59 Å². The standard InChI is InChI=1S/C15H23N3O2/c1-10(2)13-7-5-12(6-8-13)9-18(4)11(3)14(19)17-15(16)20/h5-8,10-11H,9H2,1-4H3,(H3,16,17,19,20). The lowest BCUT2D eigenvalue weighted by Gasteiger charge is -2.23. The first-order chi connectivity index (χ1) is 9.31. The fourth-order valence-electron chi connectivity index (χ4n) is 1.86. The molecule has 0 saturated carbocycles. The third-order valence-corrected chi connectivity index (χ3v) is 3.37. The van der Waals surface area contributed by atoms with Crippen molar-refractivity contribution in [3.05, 3.63) is 35.4 Å². The number of nitrogens with one attached hydrogen (secondary N) is 1. The van der Waals surface area contributed by atoms with Crippen molar-refractivity contribution in [2.75, 3.05) is 7.05 Å². The summed E-state index contributed by atoms with van der Waals surface area (Å²) in [6.07, 6.45) is 0. The summed E-state index contributed by atoms with van der Waals surface area (Å²) in [5.74, 6) is 0.112. The van der Waals surface area contributed by atoms with Crippen LogP contribution in [0.3, 0.4) is 0 Å². The second-order valence-electron chi connectivity index (χ2n) is 5.34. The number of nitrogens with two attached hydrogens (primary N) is 1. The molecule has 1 rings (SSSR count). The maximum absolute atomic E-state index is 11.7. The predicted octanol–water partition coefficient (Wildman–Crippen LogP) is 1.83. The van der Waals surface area contributed by atoms with Crippen LogP contribution in [-0.4, -0.2) is 29.9 Å². The number of hydrogen-bond donors (Lipinski definition) is 2. The number of hydrogen-bond acceptors (Lipinski definition) is 3. The van der Waals surface area contributed by atoms with Gasteiger partial charge in [0.1, 0.15) is 0 Å². The van der Waals surface area contributed by atoms with Gasteiger partial charge in [-0.1, -0.05) is 38.1 Å². The first kappa shape index (κ1) is 16.2. The number of likely N-dealkylation sites (N-methyl/N-ethyl adjacent to an activating group) is 1. The summed E-state index contributed by atoms with van der Waals surface area (Å²) >= 11 is 0. The lowest BCUT2D eigenvalue weighted by Crippen LogP contribution is -2.46. The molecule has 0 radical (unpaired) electrons. The Morgan fingerprint density at radius 1 is 1.20 bits per heavy atom. The smallest absolute Gasteiger partial charge is 0.318 e. The Hall–Kier alpha value is -1.88. The molecule has 0 spiro atoms. The van der Waals surface area contributed by atoms with Crippen molar-refractivity contribution in [1.29, 1.82) is 0 Å². The molecule has 0 fully saturated rings. The molecular formula is C15H23N3O2. The van der Waals surface area contributed by atoms with Crippen molar-refractivity contribution in [2.45, 2.75) is 39.3 Å². The highest BCUT2D eigenvalue weighted by Gasteiger charge is 2.19. The molecule has 1 atom stereocenters. The number of urea groups is 1. The summed E-state index contributed by atoms with van der Waals surface area (Å²) in [6.45, 7) is 6.67. The van der Waals surface area contributed by atoms with Gasteiger partial charge < -0.3 is 5.73 Å². The molecule has 110 valence electrons. The fraction of sp³-hybridized carbons (Fsp3) is 0.467. The van der Waals surface area contributed by atoms with E-state index in [-0.39, 0.29) is 5.91 Å². The molecule has 1 aromatic carbocycles. The normalized spacial score (nSPS) is 12.5. The van der Waals surface area contributed by atoms with E-state index in [2.05, 4.69) is 43.4 Å². The van der Waals surface area contributed by atoms with Crippen molar-refractivity contribution >= 4 is 11.9 Å². The SMILES string of the molecule is CC(C)c1ccc(CN(C)C(C)C(=O)NC(N)=O)cc1. The van der Waals surface area contributed by atoms with E-state index in [4.69, 9.17) is 5.73 Å². The second kappa shape index (κ2) is 7.05. The van der Waals surface area contributed by atoms with E-state index < -0.39 is 12.1 Å². The topological polar surface area (TPSA) is 75.4 Å². The monoisotopic (exact) mass is 277 g/mol. The summed E-state index contributed by atoms with van der Waals surface area (Å²) < 4.78 is 0. The van der Waals surface area contributed by atoms with Gasteiger partial charge in [0.2, 0.25) is 5.91 Å². The number of primary amides is 1. The average Bonchev–Trinajstić information content (AvgIpc) is 2.37. The molecule has 3 amide bonds. The molecule has 0 bridgehead atoms. The van der Waals surface area contributed by atoms with Crippen LogP contribution in [0.5, 0.6) is 0 Å².